The van der Waals surface area contributed by atoms with Gasteiger partial charge in [-0.15, -0.1) is 0 Å². The standard InChI is InChI=1S/C29H28F2N2O4/c1-36-24-12-11-23(31)25(26(24)37-2)28(35)33-16-15-32(18-29(33)13-14-29)27(34)21-7-3-19(4-8-21)17-20-5-9-22(30)10-6-20/h3-12H,13-18H2,1-2H3. The third-order valence-corrected chi connectivity index (χ3v) is 7.24. The third-order valence-electron chi connectivity index (χ3n) is 7.24. The summed E-state index contributed by atoms with van der Waals surface area (Å²) in [6.07, 6.45) is 2.13. The molecule has 1 aliphatic heterocycles. The van der Waals surface area contributed by atoms with Crippen molar-refractivity contribution in [3.63, 3.8) is 0 Å². The molecule has 0 atom stereocenters. The molecule has 5 rings (SSSR count). The van der Waals surface area contributed by atoms with E-state index in [1.807, 2.05) is 12.1 Å². The van der Waals surface area contributed by atoms with Gasteiger partial charge in [-0.25, -0.2) is 8.78 Å². The Morgan fingerprint density at radius 1 is 0.838 bits per heavy atom. The lowest BCUT2D eigenvalue weighted by atomic mass is 10.0. The minimum absolute atomic E-state index is 0.0718. The summed E-state index contributed by atoms with van der Waals surface area (Å²) in [7, 11) is 2.81. The van der Waals surface area contributed by atoms with Crippen molar-refractivity contribution in [1.29, 1.82) is 0 Å². The van der Waals surface area contributed by atoms with Crippen molar-refractivity contribution in [2.24, 2.45) is 0 Å². The number of hydrogen-bond acceptors (Lipinski definition) is 4. The predicted molar refractivity (Wildman–Crippen MR) is 134 cm³/mol. The second-order valence-corrected chi connectivity index (χ2v) is 9.57. The molecular weight excluding hydrogens is 478 g/mol. The van der Waals surface area contributed by atoms with Crippen LogP contribution in [-0.2, 0) is 6.42 Å². The van der Waals surface area contributed by atoms with Gasteiger partial charge in [-0.05, 0) is 66.8 Å². The fraction of sp³-hybridized carbons (Fsp3) is 0.310. The van der Waals surface area contributed by atoms with Gasteiger partial charge in [0.1, 0.15) is 17.2 Å². The van der Waals surface area contributed by atoms with Crippen LogP contribution in [0.3, 0.4) is 0 Å². The highest BCUT2D eigenvalue weighted by Crippen LogP contribution is 2.46. The summed E-state index contributed by atoms with van der Waals surface area (Å²) in [6.45, 7) is 1.04. The van der Waals surface area contributed by atoms with E-state index < -0.39 is 17.3 Å². The van der Waals surface area contributed by atoms with Crippen LogP contribution in [-0.4, -0.2) is 61.0 Å². The molecule has 1 spiro atoms. The monoisotopic (exact) mass is 506 g/mol. The topological polar surface area (TPSA) is 59.1 Å². The van der Waals surface area contributed by atoms with E-state index in [0.717, 1.165) is 24.0 Å². The first kappa shape index (κ1) is 24.7. The van der Waals surface area contributed by atoms with Gasteiger partial charge in [-0.2, -0.15) is 0 Å². The van der Waals surface area contributed by atoms with E-state index in [2.05, 4.69) is 0 Å². The van der Waals surface area contributed by atoms with Crippen molar-refractivity contribution in [3.05, 3.63) is 94.6 Å². The van der Waals surface area contributed by atoms with E-state index in [9.17, 15) is 18.4 Å². The van der Waals surface area contributed by atoms with Gasteiger partial charge in [0.25, 0.3) is 11.8 Å². The molecule has 3 aromatic carbocycles. The smallest absolute Gasteiger partial charge is 0.261 e. The van der Waals surface area contributed by atoms with Gasteiger partial charge in [-0.3, -0.25) is 9.59 Å². The Hall–Kier alpha value is -3.94. The van der Waals surface area contributed by atoms with E-state index in [1.54, 1.807) is 34.1 Å². The van der Waals surface area contributed by atoms with Crippen molar-refractivity contribution in [2.75, 3.05) is 33.9 Å². The molecule has 1 heterocycles. The number of halogens is 2. The molecule has 6 nitrogen and oxygen atoms in total. The molecule has 1 saturated heterocycles. The Bertz CT molecular complexity index is 1320. The summed E-state index contributed by atoms with van der Waals surface area (Å²) < 4.78 is 38.5. The molecule has 0 radical (unpaired) electrons. The lowest BCUT2D eigenvalue weighted by Crippen LogP contribution is -2.58. The fourth-order valence-corrected chi connectivity index (χ4v) is 5.06. The van der Waals surface area contributed by atoms with E-state index >= 15 is 0 Å². The van der Waals surface area contributed by atoms with Crippen LogP contribution in [0, 0.1) is 11.6 Å². The molecule has 8 heteroatoms. The summed E-state index contributed by atoms with van der Waals surface area (Å²) in [5.74, 6) is -1.14. The van der Waals surface area contributed by atoms with Gasteiger partial charge in [0.05, 0.1) is 19.8 Å². The van der Waals surface area contributed by atoms with Crippen LogP contribution in [0.4, 0.5) is 8.78 Å². The van der Waals surface area contributed by atoms with E-state index in [4.69, 9.17) is 9.47 Å². The maximum Gasteiger partial charge on any atom is 0.261 e. The van der Waals surface area contributed by atoms with Crippen molar-refractivity contribution in [2.45, 2.75) is 24.8 Å². The fourth-order valence-electron chi connectivity index (χ4n) is 5.06. The van der Waals surface area contributed by atoms with E-state index in [-0.39, 0.29) is 28.8 Å². The Kier molecular flexibility index (Phi) is 6.58. The summed E-state index contributed by atoms with van der Waals surface area (Å²) in [5.41, 5.74) is 1.92. The van der Waals surface area contributed by atoms with E-state index in [0.29, 0.717) is 31.6 Å². The Labute approximate surface area is 214 Å². The molecule has 2 fully saturated rings. The quantitative estimate of drug-likeness (QED) is 0.486. The maximum absolute atomic E-state index is 14.8. The number of carbonyl (C=O) groups excluding carboxylic acids is 2. The molecule has 3 aromatic rings. The van der Waals surface area contributed by atoms with Crippen molar-refractivity contribution in [1.82, 2.24) is 9.80 Å². The number of benzene rings is 3. The molecular formula is C29H28F2N2O4. The van der Waals surface area contributed by atoms with Gasteiger partial charge in [-0.1, -0.05) is 24.3 Å². The Balaban J connectivity index is 1.29. The van der Waals surface area contributed by atoms with Crippen LogP contribution in [0.25, 0.3) is 0 Å². The second-order valence-electron chi connectivity index (χ2n) is 9.57. The zero-order valence-electron chi connectivity index (χ0n) is 20.8. The Morgan fingerprint density at radius 3 is 2.08 bits per heavy atom. The minimum Gasteiger partial charge on any atom is -0.493 e. The van der Waals surface area contributed by atoms with Crippen molar-refractivity contribution in [3.8, 4) is 11.5 Å². The highest BCUT2D eigenvalue weighted by Gasteiger charge is 2.54. The molecule has 192 valence electrons. The van der Waals surface area contributed by atoms with E-state index in [1.165, 1.54) is 38.5 Å². The third kappa shape index (κ3) is 4.75. The van der Waals surface area contributed by atoms with Crippen LogP contribution in [0.1, 0.15) is 44.7 Å². The highest BCUT2D eigenvalue weighted by molar-refractivity contribution is 5.99. The average Bonchev–Trinajstić information content (AvgIpc) is 3.68. The molecule has 1 saturated carbocycles. The van der Waals surface area contributed by atoms with Gasteiger partial charge in [0, 0.05) is 25.2 Å². The number of piperazine rings is 1. The summed E-state index contributed by atoms with van der Waals surface area (Å²) in [4.78, 5) is 30.2. The first-order valence-electron chi connectivity index (χ1n) is 12.2. The first-order valence-corrected chi connectivity index (χ1v) is 12.2. The number of nitrogens with zero attached hydrogens (tertiary/aromatic N) is 2. The zero-order valence-corrected chi connectivity index (χ0v) is 20.8. The van der Waals surface area contributed by atoms with Gasteiger partial charge < -0.3 is 19.3 Å². The summed E-state index contributed by atoms with van der Waals surface area (Å²) in [5, 5.41) is 0. The SMILES string of the molecule is COc1ccc(F)c(C(=O)N2CCN(C(=O)c3ccc(Cc4ccc(F)cc4)cc3)CC23CC3)c1OC. The zero-order chi connectivity index (χ0) is 26.2. The predicted octanol–water partition coefficient (Wildman–Crippen LogP) is 4.70. The van der Waals surface area contributed by atoms with Gasteiger partial charge in [0.15, 0.2) is 11.5 Å². The number of carbonyl (C=O) groups is 2. The molecule has 0 bridgehead atoms. The summed E-state index contributed by atoms with van der Waals surface area (Å²) >= 11 is 0. The Morgan fingerprint density at radius 2 is 1.49 bits per heavy atom. The number of ether oxygens (including phenoxy) is 2. The number of rotatable bonds is 6. The average molecular weight is 507 g/mol. The second kappa shape index (κ2) is 9.84. The molecule has 0 N–H and O–H groups in total. The first-order chi connectivity index (χ1) is 17.8. The molecule has 2 aliphatic rings. The minimum atomic E-state index is -0.669. The molecule has 0 unspecified atom stereocenters. The molecule has 2 amide bonds. The van der Waals surface area contributed by atoms with Crippen LogP contribution < -0.4 is 9.47 Å². The van der Waals surface area contributed by atoms with Crippen LogP contribution in [0.15, 0.2) is 60.7 Å². The molecule has 1 aliphatic carbocycles. The van der Waals surface area contributed by atoms with Crippen LogP contribution >= 0.6 is 0 Å². The molecule has 0 aromatic heterocycles. The molecule has 37 heavy (non-hydrogen) atoms. The van der Waals surface area contributed by atoms with Gasteiger partial charge >= 0.3 is 0 Å². The van der Waals surface area contributed by atoms with Crippen LogP contribution in [0.5, 0.6) is 11.5 Å². The maximum atomic E-state index is 14.8. The normalized spacial score (nSPS) is 16.0. The lowest BCUT2D eigenvalue weighted by molar-refractivity contribution is 0.0328. The number of methoxy groups -OCH3 is 2. The van der Waals surface area contributed by atoms with Crippen molar-refractivity contribution >= 4 is 11.8 Å². The lowest BCUT2D eigenvalue weighted by Gasteiger charge is -2.42. The highest BCUT2D eigenvalue weighted by atomic mass is 19.1. The largest absolute Gasteiger partial charge is 0.493 e. The number of amides is 2. The van der Waals surface area contributed by atoms with Crippen LogP contribution in [0.2, 0.25) is 0 Å². The summed E-state index contributed by atoms with van der Waals surface area (Å²) in [6, 6.07) is 16.4. The van der Waals surface area contributed by atoms with Crippen molar-refractivity contribution < 1.29 is 27.8 Å². The number of hydrogen-bond donors (Lipinski definition) is 0. The van der Waals surface area contributed by atoms with Gasteiger partial charge in [0.2, 0.25) is 0 Å².